The second-order valence-electron chi connectivity index (χ2n) is 1.85. The molecule has 1 heteroatoms. The molecule has 0 atom stereocenters. The molecular formula is C6H9Br. The van der Waals surface area contributed by atoms with E-state index >= 15 is 0 Å². The Kier molecular flexibility index (Phi) is 2.39. The van der Waals surface area contributed by atoms with Crippen molar-refractivity contribution in [1.29, 1.82) is 0 Å². The average Bonchev–Trinajstić information content (AvgIpc) is 1.30. The van der Waals surface area contributed by atoms with Gasteiger partial charge in [-0.1, -0.05) is 21.9 Å². The highest BCUT2D eigenvalue weighted by atomic mass is 79.9. The summed E-state index contributed by atoms with van der Waals surface area (Å²) in [5.74, 6) is 5.76. The van der Waals surface area contributed by atoms with Crippen LogP contribution in [0.3, 0.4) is 0 Å². The molecule has 0 aromatic carbocycles. The molecule has 0 radical (unpaired) electrons. The second-order valence-corrected chi connectivity index (χ2v) is 3.83. The minimum atomic E-state index is 0.00174. The third-order valence-corrected chi connectivity index (χ3v) is 0.620. The summed E-state index contributed by atoms with van der Waals surface area (Å²) in [4.78, 5) is 0. The molecule has 7 heavy (non-hydrogen) atoms. The monoisotopic (exact) mass is 160 g/mol. The van der Waals surface area contributed by atoms with E-state index in [4.69, 9.17) is 0 Å². The van der Waals surface area contributed by atoms with Gasteiger partial charge in [-0.3, -0.25) is 0 Å². The van der Waals surface area contributed by atoms with E-state index in [1.165, 1.54) is 0 Å². The molecule has 0 bridgehead atoms. The highest BCUT2D eigenvalue weighted by molar-refractivity contribution is 9.10. The van der Waals surface area contributed by atoms with Crippen molar-refractivity contribution in [2.24, 2.45) is 0 Å². The van der Waals surface area contributed by atoms with Crippen molar-refractivity contribution < 1.29 is 0 Å². The summed E-state index contributed by atoms with van der Waals surface area (Å²) in [5.41, 5.74) is 0. The Morgan fingerprint density at radius 3 is 1.86 bits per heavy atom. The van der Waals surface area contributed by atoms with Gasteiger partial charge in [0, 0.05) is 0 Å². The second kappa shape index (κ2) is 2.37. The Balaban J connectivity index is 3.72. The first-order chi connectivity index (χ1) is 3.06. The van der Waals surface area contributed by atoms with Gasteiger partial charge >= 0.3 is 0 Å². The van der Waals surface area contributed by atoms with Gasteiger partial charge in [0.1, 0.15) is 0 Å². The number of hydrogen-bond acceptors (Lipinski definition) is 0. The third kappa shape index (κ3) is 6.04. The molecule has 0 N–H and O–H groups in total. The number of alkyl halides is 1. The highest BCUT2D eigenvalue weighted by Crippen LogP contribution is 2.12. The molecule has 0 saturated heterocycles. The normalized spacial score (nSPS) is 9.71. The van der Waals surface area contributed by atoms with Gasteiger partial charge < -0.3 is 0 Å². The van der Waals surface area contributed by atoms with Crippen LogP contribution in [0.1, 0.15) is 20.8 Å². The van der Waals surface area contributed by atoms with E-state index in [2.05, 4.69) is 27.8 Å². The predicted octanol–water partition coefficient (Wildman–Crippen LogP) is 2.18. The van der Waals surface area contributed by atoms with E-state index in [9.17, 15) is 0 Å². The lowest BCUT2D eigenvalue weighted by molar-refractivity contribution is 0.956. The Hall–Kier alpha value is 0.0400. The van der Waals surface area contributed by atoms with E-state index in [1.54, 1.807) is 0 Å². The number of rotatable bonds is 0. The van der Waals surface area contributed by atoms with Crippen LogP contribution < -0.4 is 0 Å². The Morgan fingerprint density at radius 2 is 1.86 bits per heavy atom. The average molecular weight is 161 g/mol. The molecule has 0 unspecified atom stereocenters. The van der Waals surface area contributed by atoms with Crippen molar-refractivity contribution in [3.05, 3.63) is 0 Å². The lowest BCUT2D eigenvalue weighted by atomic mass is 10.2. The topological polar surface area (TPSA) is 0 Å². The molecule has 0 aliphatic rings. The van der Waals surface area contributed by atoms with Crippen LogP contribution in [0.25, 0.3) is 0 Å². The van der Waals surface area contributed by atoms with Gasteiger partial charge in [0.05, 0.1) is 4.32 Å². The van der Waals surface area contributed by atoms with Crippen molar-refractivity contribution in [2.45, 2.75) is 25.1 Å². The van der Waals surface area contributed by atoms with Gasteiger partial charge in [0.2, 0.25) is 0 Å². The Bertz CT molecular complexity index is 97.6. The predicted molar refractivity (Wildman–Crippen MR) is 36.5 cm³/mol. The van der Waals surface area contributed by atoms with E-state index in [1.807, 2.05) is 20.8 Å². The summed E-state index contributed by atoms with van der Waals surface area (Å²) >= 11 is 3.37. The summed E-state index contributed by atoms with van der Waals surface area (Å²) in [6, 6.07) is 0. The molecule has 0 fully saturated rings. The maximum Gasteiger partial charge on any atom is 0.0806 e. The van der Waals surface area contributed by atoms with Crippen molar-refractivity contribution >= 4 is 15.9 Å². The van der Waals surface area contributed by atoms with E-state index in [0.29, 0.717) is 0 Å². The zero-order chi connectivity index (χ0) is 5.91. The third-order valence-electron chi connectivity index (χ3n) is 0.422. The fourth-order valence-corrected chi connectivity index (χ4v) is 0.495. The van der Waals surface area contributed by atoms with Gasteiger partial charge in [0.25, 0.3) is 0 Å². The summed E-state index contributed by atoms with van der Waals surface area (Å²) < 4.78 is 0.00174. The van der Waals surface area contributed by atoms with E-state index < -0.39 is 0 Å². The van der Waals surface area contributed by atoms with Gasteiger partial charge in [0.15, 0.2) is 0 Å². The molecule has 0 saturated carbocycles. The van der Waals surface area contributed by atoms with Crippen molar-refractivity contribution in [2.75, 3.05) is 0 Å². The largest absolute Gasteiger partial charge is 0.105 e. The zero-order valence-electron chi connectivity index (χ0n) is 4.88. The molecular weight excluding hydrogens is 152 g/mol. The molecule has 0 heterocycles. The minimum Gasteiger partial charge on any atom is -0.105 e. The molecule has 0 nitrogen and oxygen atoms in total. The molecule has 40 valence electrons. The van der Waals surface area contributed by atoms with Crippen LogP contribution in [-0.2, 0) is 0 Å². The van der Waals surface area contributed by atoms with Crippen molar-refractivity contribution in [1.82, 2.24) is 0 Å². The molecule has 0 amide bonds. The summed E-state index contributed by atoms with van der Waals surface area (Å²) in [7, 11) is 0. The quantitative estimate of drug-likeness (QED) is 0.377. The first-order valence-corrected chi connectivity index (χ1v) is 2.98. The Morgan fingerprint density at radius 1 is 1.43 bits per heavy atom. The number of hydrogen-bond donors (Lipinski definition) is 0. The molecule has 0 aromatic heterocycles. The van der Waals surface area contributed by atoms with Gasteiger partial charge in [-0.2, -0.15) is 0 Å². The van der Waals surface area contributed by atoms with Crippen LogP contribution in [0.4, 0.5) is 0 Å². The van der Waals surface area contributed by atoms with Crippen LogP contribution in [0, 0.1) is 11.8 Å². The van der Waals surface area contributed by atoms with E-state index in [-0.39, 0.29) is 4.32 Å². The molecule has 0 spiro atoms. The van der Waals surface area contributed by atoms with Crippen LogP contribution in [0.5, 0.6) is 0 Å². The SMILES string of the molecule is CC#CC(C)(C)Br. The maximum atomic E-state index is 3.37. The highest BCUT2D eigenvalue weighted by Gasteiger charge is 2.04. The Labute approximate surface area is 53.4 Å². The summed E-state index contributed by atoms with van der Waals surface area (Å²) in [6.45, 7) is 5.87. The molecule has 0 aliphatic heterocycles. The van der Waals surface area contributed by atoms with Gasteiger partial charge in [-0.25, -0.2) is 0 Å². The van der Waals surface area contributed by atoms with Gasteiger partial charge in [-0.15, -0.1) is 5.92 Å². The van der Waals surface area contributed by atoms with Crippen molar-refractivity contribution in [3.63, 3.8) is 0 Å². The molecule has 0 rings (SSSR count). The van der Waals surface area contributed by atoms with Crippen molar-refractivity contribution in [3.8, 4) is 11.8 Å². The van der Waals surface area contributed by atoms with Crippen LogP contribution in [0.15, 0.2) is 0 Å². The molecule has 0 aliphatic carbocycles. The fourth-order valence-electron chi connectivity index (χ4n) is 0.297. The maximum absolute atomic E-state index is 3.37. The molecule has 0 aromatic rings. The van der Waals surface area contributed by atoms with Crippen LogP contribution >= 0.6 is 15.9 Å². The summed E-state index contributed by atoms with van der Waals surface area (Å²) in [5, 5.41) is 0. The van der Waals surface area contributed by atoms with Gasteiger partial charge in [-0.05, 0) is 20.8 Å². The fraction of sp³-hybridized carbons (Fsp3) is 0.667. The first-order valence-electron chi connectivity index (χ1n) is 2.19. The first kappa shape index (κ1) is 7.04. The lowest BCUT2D eigenvalue weighted by Gasteiger charge is -2.02. The van der Waals surface area contributed by atoms with Crippen LogP contribution in [0.2, 0.25) is 0 Å². The lowest BCUT2D eigenvalue weighted by Crippen LogP contribution is -2.02. The zero-order valence-corrected chi connectivity index (χ0v) is 6.46. The standard InChI is InChI=1S/C6H9Br/c1-4-5-6(2,3)7/h1-3H3. The smallest absolute Gasteiger partial charge is 0.0806 e. The minimum absolute atomic E-state index is 0.00174. The van der Waals surface area contributed by atoms with E-state index in [0.717, 1.165) is 0 Å². The number of halogens is 1. The van der Waals surface area contributed by atoms with Crippen LogP contribution in [-0.4, -0.2) is 4.32 Å². The summed E-state index contributed by atoms with van der Waals surface area (Å²) in [6.07, 6.45) is 0.